The van der Waals surface area contributed by atoms with Gasteiger partial charge >= 0.3 is 0 Å². The van der Waals surface area contributed by atoms with Gasteiger partial charge in [-0.05, 0) is 114 Å². The highest BCUT2D eigenvalue weighted by Gasteiger charge is 2.29. The van der Waals surface area contributed by atoms with Gasteiger partial charge in [0.25, 0.3) is 0 Å². The van der Waals surface area contributed by atoms with Crippen LogP contribution in [0.2, 0.25) is 0 Å². The standard InChI is InChI=1S/C49H56N4O/c1-12-13-17-34-24-25-50-45(26-34)52-43-21-15-14-18-39(43)40-23-22-37(30-44(40)52)54-38-28-35(31(2)3)27-36(29-38)53-33(5)46(32(4)51-53)47-41(48(6,7)8)19-16-20-42(47)49(9,10)11/h14-16,18-31H,12-13,17H2,1-11H3. The Morgan fingerprint density at radius 1 is 0.704 bits per heavy atom. The smallest absolute Gasteiger partial charge is 0.137 e. The molecule has 0 aliphatic heterocycles. The number of nitrogens with zero attached hydrogens (tertiary/aromatic N) is 4. The lowest BCUT2D eigenvalue weighted by atomic mass is 9.74. The maximum Gasteiger partial charge on any atom is 0.137 e. The molecule has 0 aliphatic rings. The number of benzene rings is 4. The molecule has 0 saturated carbocycles. The van der Waals surface area contributed by atoms with Crippen molar-refractivity contribution in [2.75, 3.05) is 0 Å². The summed E-state index contributed by atoms with van der Waals surface area (Å²) in [6.45, 7) is 24.9. The van der Waals surface area contributed by atoms with Crippen LogP contribution in [0.3, 0.4) is 0 Å². The molecule has 278 valence electrons. The Hall–Kier alpha value is -5.16. The van der Waals surface area contributed by atoms with Gasteiger partial charge in [-0.1, -0.05) is 105 Å². The minimum Gasteiger partial charge on any atom is -0.457 e. The molecule has 7 rings (SSSR count). The first-order valence-electron chi connectivity index (χ1n) is 19.7. The highest BCUT2D eigenvalue weighted by molar-refractivity contribution is 6.09. The SMILES string of the molecule is CCCCc1ccnc(-n2c3ccccc3c3ccc(Oc4cc(C(C)C)cc(-n5nc(C)c(-c6c(C(C)(C)C)cccc6C(C)(C)C)c5C)c4)cc32)c1. The van der Waals surface area contributed by atoms with Crippen molar-refractivity contribution in [1.82, 2.24) is 19.3 Å². The highest BCUT2D eigenvalue weighted by atomic mass is 16.5. The predicted molar refractivity (Wildman–Crippen MR) is 227 cm³/mol. The Morgan fingerprint density at radius 3 is 2.09 bits per heavy atom. The highest BCUT2D eigenvalue weighted by Crippen LogP contribution is 2.44. The normalized spacial score (nSPS) is 12.4. The van der Waals surface area contributed by atoms with Gasteiger partial charge in [0.05, 0.1) is 22.4 Å². The number of hydrogen-bond donors (Lipinski definition) is 0. The van der Waals surface area contributed by atoms with Gasteiger partial charge < -0.3 is 4.74 Å². The average Bonchev–Trinajstić information content (AvgIpc) is 3.61. The first kappa shape index (κ1) is 37.2. The van der Waals surface area contributed by atoms with E-state index in [1.165, 1.54) is 44.2 Å². The third-order valence-corrected chi connectivity index (χ3v) is 10.8. The topological polar surface area (TPSA) is 44.9 Å². The average molecular weight is 717 g/mol. The summed E-state index contributed by atoms with van der Waals surface area (Å²) in [5, 5.41) is 7.62. The summed E-state index contributed by atoms with van der Waals surface area (Å²) in [6.07, 6.45) is 5.31. The van der Waals surface area contributed by atoms with Gasteiger partial charge in [0.1, 0.15) is 17.3 Å². The molecule has 0 unspecified atom stereocenters. The van der Waals surface area contributed by atoms with Crippen LogP contribution in [0.5, 0.6) is 11.5 Å². The fourth-order valence-corrected chi connectivity index (χ4v) is 7.96. The van der Waals surface area contributed by atoms with Crippen LogP contribution >= 0.6 is 0 Å². The summed E-state index contributed by atoms with van der Waals surface area (Å²) < 4.78 is 11.2. The van der Waals surface area contributed by atoms with Crippen molar-refractivity contribution in [2.24, 2.45) is 0 Å². The zero-order chi connectivity index (χ0) is 38.5. The van der Waals surface area contributed by atoms with E-state index >= 15 is 0 Å². The zero-order valence-corrected chi connectivity index (χ0v) is 34.1. The number of unbranched alkanes of at least 4 members (excludes halogenated alkanes) is 1. The number of pyridine rings is 1. The number of rotatable bonds is 9. The monoisotopic (exact) mass is 716 g/mol. The van der Waals surface area contributed by atoms with Crippen LogP contribution in [0.1, 0.15) is 115 Å². The molecular formula is C49H56N4O. The molecular weight excluding hydrogens is 661 g/mol. The van der Waals surface area contributed by atoms with E-state index in [4.69, 9.17) is 14.8 Å². The quantitative estimate of drug-likeness (QED) is 0.149. The molecule has 0 amide bonds. The molecule has 3 aromatic heterocycles. The number of aromatic nitrogens is 4. The Kier molecular flexibility index (Phi) is 9.80. The van der Waals surface area contributed by atoms with Gasteiger partial charge in [-0.15, -0.1) is 0 Å². The first-order valence-corrected chi connectivity index (χ1v) is 19.7. The molecule has 0 N–H and O–H groups in total. The number of aryl methyl sites for hydroxylation is 2. The molecule has 54 heavy (non-hydrogen) atoms. The lowest BCUT2D eigenvalue weighted by Crippen LogP contribution is -2.19. The summed E-state index contributed by atoms with van der Waals surface area (Å²) in [4.78, 5) is 4.87. The van der Waals surface area contributed by atoms with E-state index in [1.54, 1.807) is 0 Å². The van der Waals surface area contributed by atoms with Gasteiger partial charge in [-0.3, -0.25) is 4.57 Å². The van der Waals surface area contributed by atoms with Crippen molar-refractivity contribution >= 4 is 21.8 Å². The number of hydrogen-bond acceptors (Lipinski definition) is 3. The predicted octanol–water partition coefficient (Wildman–Crippen LogP) is 13.5. The van der Waals surface area contributed by atoms with Crippen LogP contribution in [0.25, 0.3) is 44.4 Å². The summed E-state index contributed by atoms with van der Waals surface area (Å²) >= 11 is 0. The lowest BCUT2D eigenvalue weighted by molar-refractivity contribution is 0.481. The molecule has 0 aliphatic carbocycles. The summed E-state index contributed by atoms with van der Waals surface area (Å²) in [6, 6.07) is 32.8. The number of fused-ring (bicyclic) bond motifs is 3. The van der Waals surface area contributed by atoms with Crippen LogP contribution in [0.4, 0.5) is 0 Å². The number of ether oxygens (including phenoxy) is 1. The minimum atomic E-state index is -0.0309. The molecule has 5 nitrogen and oxygen atoms in total. The van der Waals surface area contributed by atoms with E-state index in [-0.39, 0.29) is 10.8 Å². The van der Waals surface area contributed by atoms with Crippen LogP contribution < -0.4 is 4.74 Å². The van der Waals surface area contributed by atoms with Gasteiger partial charge in [-0.25, -0.2) is 9.67 Å². The molecule has 0 atom stereocenters. The zero-order valence-electron chi connectivity index (χ0n) is 34.1. The summed E-state index contributed by atoms with van der Waals surface area (Å²) in [5.41, 5.74) is 13.0. The number of para-hydroxylation sites is 1. The van der Waals surface area contributed by atoms with Crippen molar-refractivity contribution < 1.29 is 4.74 Å². The third kappa shape index (κ3) is 6.97. The largest absolute Gasteiger partial charge is 0.457 e. The van der Waals surface area contributed by atoms with Gasteiger partial charge in [0.15, 0.2) is 0 Å². The van der Waals surface area contributed by atoms with Crippen molar-refractivity contribution in [1.29, 1.82) is 0 Å². The molecule has 7 aromatic rings. The molecule has 0 radical (unpaired) electrons. The van der Waals surface area contributed by atoms with Crippen LogP contribution in [-0.2, 0) is 17.3 Å². The molecule has 0 spiro atoms. The molecule has 3 heterocycles. The van der Waals surface area contributed by atoms with E-state index in [0.717, 1.165) is 64.7 Å². The van der Waals surface area contributed by atoms with Crippen LogP contribution in [-0.4, -0.2) is 19.3 Å². The third-order valence-electron chi connectivity index (χ3n) is 10.8. The van der Waals surface area contributed by atoms with E-state index in [1.807, 2.05) is 6.20 Å². The second-order valence-corrected chi connectivity index (χ2v) is 17.4. The molecule has 5 heteroatoms. The van der Waals surface area contributed by atoms with Gasteiger partial charge in [0.2, 0.25) is 0 Å². The first-order chi connectivity index (χ1) is 25.7. The van der Waals surface area contributed by atoms with Crippen LogP contribution in [0, 0.1) is 13.8 Å². The van der Waals surface area contributed by atoms with E-state index in [2.05, 4.69) is 176 Å². The van der Waals surface area contributed by atoms with Gasteiger partial charge in [-0.2, -0.15) is 5.10 Å². The minimum absolute atomic E-state index is 0.0309. The van der Waals surface area contributed by atoms with Crippen molar-refractivity contribution in [3.8, 4) is 34.1 Å². The Bertz CT molecular complexity index is 2450. The molecule has 4 aromatic carbocycles. The summed E-state index contributed by atoms with van der Waals surface area (Å²) in [5.74, 6) is 2.80. The molecule has 0 fully saturated rings. The van der Waals surface area contributed by atoms with Crippen LogP contribution in [0.15, 0.2) is 97.2 Å². The maximum atomic E-state index is 6.82. The van der Waals surface area contributed by atoms with E-state index in [9.17, 15) is 0 Å². The summed E-state index contributed by atoms with van der Waals surface area (Å²) in [7, 11) is 0. The second-order valence-electron chi connectivity index (χ2n) is 17.4. The maximum absolute atomic E-state index is 6.82. The van der Waals surface area contributed by atoms with Crippen molar-refractivity contribution in [3.63, 3.8) is 0 Å². The molecule has 0 saturated heterocycles. The lowest BCUT2D eigenvalue weighted by Gasteiger charge is -2.30. The second kappa shape index (κ2) is 14.2. The van der Waals surface area contributed by atoms with E-state index < -0.39 is 0 Å². The Balaban J connectivity index is 1.34. The Labute approximate surface area is 322 Å². The van der Waals surface area contributed by atoms with Gasteiger partial charge in [0, 0.05) is 40.4 Å². The van der Waals surface area contributed by atoms with E-state index in [0.29, 0.717) is 5.92 Å². The molecule has 0 bridgehead atoms. The van der Waals surface area contributed by atoms with Crippen molar-refractivity contribution in [2.45, 2.75) is 112 Å². The fraction of sp³-hybridized carbons (Fsp3) is 0.347. The fourth-order valence-electron chi connectivity index (χ4n) is 7.96. The Morgan fingerprint density at radius 2 is 1.41 bits per heavy atom. The van der Waals surface area contributed by atoms with Crippen molar-refractivity contribution in [3.05, 3.63) is 131 Å².